The molecule has 16 heavy (non-hydrogen) atoms. The van der Waals surface area contributed by atoms with Crippen molar-refractivity contribution < 1.29 is 18.6 Å². The predicted molar refractivity (Wildman–Crippen MR) is 57.6 cm³/mol. The maximum absolute atomic E-state index is 13.4. The molecule has 1 unspecified atom stereocenters. The molecule has 1 aromatic carbocycles. The first-order chi connectivity index (χ1) is 7.40. The third-order valence-corrected chi connectivity index (χ3v) is 2.68. The molecular weight excluding hydrogens is 215 g/mol. The van der Waals surface area contributed by atoms with Crippen molar-refractivity contribution in [3.8, 4) is 5.75 Å². The minimum Gasteiger partial charge on any atom is -0.466 e. The van der Waals surface area contributed by atoms with Crippen LogP contribution in [0, 0.1) is 17.6 Å². The number of halogens is 2. The molecule has 0 amide bonds. The molecule has 0 aromatic heterocycles. The Morgan fingerprint density at radius 1 is 1.44 bits per heavy atom. The zero-order valence-corrected chi connectivity index (χ0v) is 8.84. The van der Waals surface area contributed by atoms with E-state index in [-0.39, 0.29) is 17.4 Å². The molecule has 1 aliphatic carbocycles. The highest BCUT2D eigenvalue weighted by molar-refractivity contribution is 6.13. The van der Waals surface area contributed by atoms with E-state index in [1.807, 2.05) is 0 Å². The van der Waals surface area contributed by atoms with Gasteiger partial charge in [0.15, 0.2) is 25.1 Å². The molecule has 0 radical (unpaired) electrons. The summed E-state index contributed by atoms with van der Waals surface area (Å²) in [6, 6.07) is 1.63. The van der Waals surface area contributed by atoms with Gasteiger partial charge in [0.1, 0.15) is 5.82 Å². The van der Waals surface area contributed by atoms with Crippen molar-refractivity contribution in [3.05, 3.63) is 23.8 Å². The summed E-state index contributed by atoms with van der Waals surface area (Å²) in [5.74, 6) is -1.98. The molecule has 0 heterocycles. The van der Waals surface area contributed by atoms with Crippen molar-refractivity contribution >= 4 is 13.5 Å². The van der Waals surface area contributed by atoms with E-state index in [0.29, 0.717) is 6.07 Å². The van der Waals surface area contributed by atoms with Crippen LogP contribution in [0.5, 0.6) is 5.75 Å². The van der Waals surface area contributed by atoms with Gasteiger partial charge in [-0.3, -0.25) is 0 Å². The summed E-state index contributed by atoms with van der Waals surface area (Å²) in [6.45, 7) is 0. The Morgan fingerprint density at radius 3 is 2.56 bits per heavy atom. The van der Waals surface area contributed by atoms with Gasteiger partial charge in [-0.25, -0.2) is 8.78 Å². The zero-order valence-electron chi connectivity index (χ0n) is 8.84. The molecule has 0 saturated heterocycles. The topological polar surface area (TPSA) is 55.5 Å². The minimum atomic E-state index is -1.45. The van der Waals surface area contributed by atoms with Crippen molar-refractivity contribution in [1.82, 2.24) is 0 Å². The second kappa shape index (κ2) is 3.62. The smallest absolute Gasteiger partial charge is 0.195 e. The molecule has 1 fully saturated rings. The molecule has 3 nitrogen and oxygen atoms in total. The third-order valence-electron chi connectivity index (χ3n) is 2.68. The molecule has 6 heteroatoms. The average molecular weight is 227 g/mol. The van der Waals surface area contributed by atoms with Gasteiger partial charge >= 0.3 is 0 Å². The first-order valence-corrected chi connectivity index (χ1v) is 5.06. The molecule has 1 aromatic rings. The zero-order chi connectivity index (χ0) is 11.9. The van der Waals surface area contributed by atoms with Gasteiger partial charge in [-0.2, -0.15) is 0 Å². The molecule has 1 saturated carbocycles. The van der Waals surface area contributed by atoms with Gasteiger partial charge in [-0.05, 0) is 12.8 Å². The van der Waals surface area contributed by atoms with Crippen LogP contribution in [0.15, 0.2) is 12.1 Å². The van der Waals surface area contributed by atoms with E-state index in [1.165, 1.54) is 7.85 Å². The Balaban J connectivity index is 2.27. The fraction of sp³-hybridized carbons (Fsp3) is 0.400. The van der Waals surface area contributed by atoms with Crippen LogP contribution in [0.2, 0.25) is 0 Å². The van der Waals surface area contributed by atoms with E-state index in [2.05, 4.69) is 0 Å². The highest BCUT2D eigenvalue weighted by Crippen LogP contribution is 2.40. The van der Waals surface area contributed by atoms with E-state index in [0.717, 1.165) is 18.9 Å². The molecular formula is C10H12BF2NO2. The van der Waals surface area contributed by atoms with Crippen molar-refractivity contribution in [1.29, 1.82) is 0 Å². The highest BCUT2D eigenvalue weighted by atomic mass is 19.1. The van der Waals surface area contributed by atoms with E-state index < -0.39 is 17.3 Å². The first kappa shape index (κ1) is 11.2. The number of hydrogen-bond acceptors (Lipinski definition) is 3. The van der Waals surface area contributed by atoms with Crippen molar-refractivity contribution in [2.75, 3.05) is 5.73 Å². The lowest BCUT2D eigenvalue weighted by Crippen LogP contribution is -2.39. The molecule has 2 rings (SSSR count). The lowest BCUT2D eigenvalue weighted by atomic mass is 9.89. The molecule has 0 bridgehead atoms. The van der Waals surface area contributed by atoms with E-state index in [4.69, 9.17) is 10.5 Å². The Kier molecular flexibility index (Phi) is 2.54. The number of anilines is 1. The normalized spacial score (nSPS) is 19.2. The van der Waals surface area contributed by atoms with Crippen LogP contribution in [-0.4, -0.2) is 18.6 Å². The molecule has 86 valence electrons. The summed E-state index contributed by atoms with van der Waals surface area (Å²) in [6.07, 6.45) is 1.66. The summed E-state index contributed by atoms with van der Waals surface area (Å²) in [5.41, 5.74) is 3.83. The van der Waals surface area contributed by atoms with Crippen LogP contribution in [0.4, 0.5) is 14.5 Å². The summed E-state index contributed by atoms with van der Waals surface area (Å²) < 4.78 is 31.3. The largest absolute Gasteiger partial charge is 0.466 e. The summed E-state index contributed by atoms with van der Waals surface area (Å²) >= 11 is 0. The Bertz CT molecular complexity index is 398. The van der Waals surface area contributed by atoms with Crippen molar-refractivity contribution in [2.45, 2.75) is 18.5 Å². The molecule has 0 aliphatic heterocycles. The number of ether oxygens (including phenoxy) is 1. The predicted octanol–water partition coefficient (Wildman–Crippen LogP) is 0.615. The van der Waals surface area contributed by atoms with Gasteiger partial charge in [-0.15, -0.1) is 0 Å². The number of benzene rings is 1. The minimum absolute atomic E-state index is 0.0173. The van der Waals surface area contributed by atoms with Crippen LogP contribution >= 0.6 is 0 Å². The van der Waals surface area contributed by atoms with Crippen LogP contribution in [0.25, 0.3) is 0 Å². The summed E-state index contributed by atoms with van der Waals surface area (Å²) in [4.78, 5) is 0. The van der Waals surface area contributed by atoms with E-state index in [1.54, 1.807) is 0 Å². The summed E-state index contributed by atoms with van der Waals surface area (Å²) in [7, 11) is 1.45. The molecule has 1 aliphatic rings. The number of rotatable bonds is 3. The maximum Gasteiger partial charge on any atom is 0.195 e. The van der Waals surface area contributed by atoms with E-state index in [9.17, 15) is 13.9 Å². The van der Waals surface area contributed by atoms with Gasteiger partial charge in [0.25, 0.3) is 0 Å². The van der Waals surface area contributed by atoms with Crippen LogP contribution in [-0.2, 0) is 0 Å². The number of hydrogen-bond donors (Lipinski definition) is 2. The molecule has 3 N–H and O–H groups in total. The lowest BCUT2D eigenvalue weighted by Gasteiger charge is -2.26. The van der Waals surface area contributed by atoms with Crippen LogP contribution < -0.4 is 10.5 Å². The third kappa shape index (κ3) is 2.11. The quantitative estimate of drug-likeness (QED) is 0.452. The lowest BCUT2D eigenvalue weighted by molar-refractivity contribution is -0.0806. The average Bonchev–Trinajstić information content (AvgIpc) is 2.94. The van der Waals surface area contributed by atoms with Crippen LogP contribution in [0.1, 0.15) is 12.8 Å². The number of nitrogens with two attached hydrogens (primary N) is 1. The standard InChI is InChI=1S/C10H12BF2NO2/c11-10(15,5-1-2-5)16-9-7(13)3-6(12)4-8(9)14/h3-5,15H,1-2,11,14H2. The van der Waals surface area contributed by atoms with E-state index >= 15 is 0 Å². The van der Waals surface area contributed by atoms with Crippen molar-refractivity contribution in [3.63, 3.8) is 0 Å². The van der Waals surface area contributed by atoms with Gasteiger partial charge in [0.2, 0.25) is 0 Å². The summed E-state index contributed by atoms with van der Waals surface area (Å²) in [5, 5.41) is 9.89. The SMILES string of the molecule is BC(O)(Oc1c(N)cc(F)cc1F)C1CC1. The first-order valence-electron chi connectivity index (χ1n) is 5.06. The Hall–Kier alpha value is -1.30. The van der Waals surface area contributed by atoms with Crippen molar-refractivity contribution in [2.24, 2.45) is 5.92 Å². The van der Waals surface area contributed by atoms with Gasteiger partial charge in [0, 0.05) is 18.1 Å². The van der Waals surface area contributed by atoms with Gasteiger partial charge < -0.3 is 15.6 Å². The van der Waals surface area contributed by atoms with Gasteiger partial charge in [-0.1, -0.05) is 0 Å². The van der Waals surface area contributed by atoms with Gasteiger partial charge in [0.05, 0.1) is 5.69 Å². The van der Waals surface area contributed by atoms with Crippen LogP contribution in [0.3, 0.4) is 0 Å². The number of nitrogen functional groups attached to an aromatic ring is 1. The Morgan fingerprint density at radius 2 is 2.06 bits per heavy atom. The number of aliphatic hydroxyl groups is 1. The fourth-order valence-corrected chi connectivity index (χ4v) is 1.60. The molecule has 0 spiro atoms. The second-order valence-electron chi connectivity index (χ2n) is 4.24. The highest BCUT2D eigenvalue weighted by Gasteiger charge is 2.42. The Labute approximate surface area is 92.6 Å². The fourth-order valence-electron chi connectivity index (χ4n) is 1.60. The monoisotopic (exact) mass is 227 g/mol. The molecule has 1 atom stereocenters. The second-order valence-corrected chi connectivity index (χ2v) is 4.24. The maximum atomic E-state index is 13.4.